The van der Waals surface area contributed by atoms with Crippen LogP contribution in [0.5, 0.6) is 0 Å². The van der Waals surface area contributed by atoms with E-state index in [4.69, 9.17) is 4.99 Å². The number of carbonyl (C=O) groups excluding carboxylic acids is 1. The zero-order valence-electron chi connectivity index (χ0n) is 18.2. The third-order valence-corrected chi connectivity index (χ3v) is 7.76. The van der Waals surface area contributed by atoms with Gasteiger partial charge in [-0.3, -0.25) is 9.69 Å². The number of aliphatic imine (C=N–C) groups is 1. The van der Waals surface area contributed by atoms with Gasteiger partial charge in [-0.15, -0.1) is 0 Å². The Kier molecular flexibility index (Phi) is 5.57. The molecule has 6 heteroatoms. The maximum atomic E-state index is 13.8. The highest BCUT2D eigenvalue weighted by molar-refractivity contribution is 8.20. The molecule has 0 bridgehead atoms. The third-order valence-electron chi connectivity index (χ3n) is 5.42. The number of hydrogen-bond donors (Lipinski definition) is 0. The van der Waals surface area contributed by atoms with Gasteiger partial charge >= 0.3 is 0 Å². The summed E-state index contributed by atoms with van der Waals surface area (Å²) < 4.78 is 0. The van der Waals surface area contributed by atoms with Gasteiger partial charge in [0.25, 0.3) is 5.91 Å². The Hall–Kier alpha value is -2.96. The average molecular weight is 458 g/mol. The number of nitrogens with zero attached hydrogens (tertiary/aromatic N) is 3. The van der Waals surface area contributed by atoms with Crippen LogP contribution < -0.4 is 9.80 Å². The first-order valence-corrected chi connectivity index (χ1v) is 12.2. The molecule has 3 aromatic carbocycles. The topological polar surface area (TPSA) is 35.9 Å². The number of fused-ring (bicyclic) bond motifs is 1. The number of amidine groups is 1. The molecule has 0 atom stereocenters. The van der Waals surface area contributed by atoms with E-state index in [0.717, 1.165) is 39.1 Å². The zero-order chi connectivity index (χ0) is 22.2. The molecule has 0 spiro atoms. The fourth-order valence-corrected chi connectivity index (χ4v) is 6.21. The third kappa shape index (κ3) is 3.74. The number of para-hydroxylation sites is 1. The molecule has 160 valence electrons. The van der Waals surface area contributed by atoms with Crippen LogP contribution in [0, 0.1) is 13.8 Å². The molecule has 1 amide bonds. The Morgan fingerprint density at radius 2 is 1.66 bits per heavy atom. The predicted octanol–water partition coefficient (Wildman–Crippen LogP) is 6.87. The Balaban J connectivity index is 1.63. The summed E-state index contributed by atoms with van der Waals surface area (Å²) in [6.45, 7) is 7.01. The molecule has 0 aromatic heterocycles. The lowest BCUT2D eigenvalue weighted by Crippen LogP contribution is -2.29. The van der Waals surface area contributed by atoms with Crippen molar-refractivity contribution in [3.63, 3.8) is 0 Å². The summed E-state index contributed by atoms with van der Waals surface area (Å²) in [7, 11) is 0. The van der Waals surface area contributed by atoms with Crippen LogP contribution in [0.2, 0.25) is 0 Å². The van der Waals surface area contributed by atoms with E-state index < -0.39 is 0 Å². The van der Waals surface area contributed by atoms with Crippen LogP contribution in [-0.4, -0.2) is 17.6 Å². The molecule has 1 fully saturated rings. The van der Waals surface area contributed by atoms with E-state index >= 15 is 0 Å². The molecule has 2 aliphatic heterocycles. The first-order valence-electron chi connectivity index (χ1n) is 10.6. The Bertz CT molecular complexity index is 1260. The van der Waals surface area contributed by atoms with E-state index in [1.54, 1.807) is 16.7 Å². The number of amides is 1. The molecule has 2 aliphatic rings. The van der Waals surface area contributed by atoms with Crippen molar-refractivity contribution in [2.24, 2.45) is 4.99 Å². The second-order valence-electron chi connectivity index (χ2n) is 7.76. The smallest absolute Gasteiger partial charge is 0.274 e. The summed E-state index contributed by atoms with van der Waals surface area (Å²) in [5.41, 5.74) is 5.12. The minimum atomic E-state index is -0.0276. The molecule has 0 N–H and O–H groups in total. The fourth-order valence-electron chi connectivity index (χ4n) is 3.82. The lowest BCUT2D eigenvalue weighted by atomic mass is 10.2. The molecule has 3 aromatic rings. The van der Waals surface area contributed by atoms with Gasteiger partial charge in [-0.05, 0) is 74.5 Å². The molecular formula is C26H23N3OS2. The number of rotatable bonds is 3. The van der Waals surface area contributed by atoms with Gasteiger partial charge in [0, 0.05) is 11.4 Å². The molecule has 0 unspecified atom stereocenters. The van der Waals surface area contributed by atoms with Gasteiger partial charge in [0.05, 0.1) is 17.1 Å². The van der Waals surface area contributed by atoms with Crippen LogP contribution in [0.25, 0.3) is 0 Å². The number of hydrogen-bond acceptors (Lipinski definition) is 5. The van der Waals surface area contributed by atoms with Gasteiger partial charge in [-0.1, -0.05) is 53.7 Å². The van der Waals surface area contributed by atoms with Crippen LogP contribution in [0.4, 0.5) is 17.1 Å². The molecule has 32 heavy (non-hydrogen) atoms. The zero-order valence-corrected chi connectivity index (χ0v) is 19.8. The molecule has 2 heterocycles. The fraction of sp³-hybridized carbons (Fsp3) is 0.154. The minimum Gasteiger partial charge on any atom is -0.334 e. The maximum Gasteiger partial charge on any atom is 0.274 e. The van der Waals surface area contributed by atoms with Crippen LogP contribution in [0.15, 0.2) is 92.6 Å². The van der Waals surface area contributed by atoms with E-state index in [1.165, 1.54) is 22.2 Å². The summed E-state index contributed by atoms with van der Waals surface area (Å²) in [6.07, 6.45) is 0. The monoisotopic (exact) mass is 457 g/mol. The second kappa shape index (κ2) is 8.52. The molecule has 5 rings (SSSR count). The first kappa shape index (κ1) is 20.9. The van der Waals surface area contributed by atoms with E-state index in [-0.39, 0.29) is 5.91 Å². The lowest BCUT2D eigenvalue weighted by molar-refractivity contribution is -0.113. The van der Waals surface area contributed by atoms with Crippen molar-refractivity contribution in [2.75, 3.05) is 16.3 Å². The van der Waals surface area contributed by atoms with Gasteiger partial charge in [-0.25, -0.2) is 4.99 Å². The summed E-state index contributed by atoms with van der Waals surface area (Å²) in [6, 6.07) is 24.4. The van der Waals surface area contributed by atoms with Crippen molar-refractivity contribution in [2.45, 2.75) is 25.7 Å². The van der Waals surface area contributed by atoms with E-state index in [0.29, 0.717) is 5.17 Å². The maximum absolute atomic E-state index is 13.8. The standard InChI is InChI=1S/C26H23N3OS2/c1-4-28-21-10-5-6-11-22(21)31-25(28)23-24(30)29(20-9-7-8-18(3)16-20)26(32-23)27-19-14-12-17(2)13-15-19/h5-16H,4H2,1-3H3. The number of carbonyl (C=O) groups is 1. The van der Waals surface area contributed by atoms with Crippen LogP contribution in [-0.2, 0) is 4.79 Å². The quantitative estimate of drug-likeness (QED) is 0.402. The summed E-state index contributed by atoms with van der Waals surface area (Å²) in [4.78, 5) is 24.6. The molecule has 0 aliphatic carbocycles. The summed E-state index contributed by atoms with van der Waals surface area (Å²) in [5, 5.41) is 1.66. The summed E-state index contributed by atoms with van der Waals surface area (Å²) in [5.74, 6) is -0.0276. The number of benzene rings is 3. The van der Waals surface area contributed by atoms with Crippen LogP contribution >= 0.6 is 23.5 Å². The van der Waals surface area contributed by atoms with E-state index in [2.05, 4.69) is 30.9 Å². The van der Waals surface area contributed by atoms with Crippen molar-refractivity contribution in [3.8, 4) is 0 Å². The van der Waals surface area contributed by atoms with Gasteiger partial charge in [-0.2, -0.15) is 0 Å². The molecular weight excluding hydrogens is 434 g/mol. The normalized spacial score (nSPS) is 19.2. The first-order chi connectivity index (χ1) is 15.5. The second-order valence-corrected chi connectivity index (χ2v) is 9.77. The minimum absolute atomic E-state index is 0.0276. The van der Waals surface area contributed by atoms with Crippen molar-refractivity contribution >= 4 is 51.7 Å². The van der Waals surface area contributed by atoms with Gasteiger partial charge in [0.15, 0.2) is 5.17 Å². The SMILES string of the molecule is CCN1C(=C2SC(=Nc3ccc(C)cc3)N(c3cccc(C)c3)C2=O)Sc2ccccc21. The highest BCUT2D eigenvalue weighted by Gasteiger charge is 2.40. The highest BCUT2D eigenvalue weighted by Crippen LogP contribution is 2.51. The van der Waals surface area contributed by atoms with E-state index in [1.807, 2.05) is 67.6 Å². The highest BCUT2D eigenvalue weighted by atomic mass is 32.2. The average Bonchev–Trinajstić information content (AvgIpc) is 3.32. The lowest BCUT2D eigenvalue weighted by Gasteiger charge is -2.19. The van der Waals surface area contributed by atoms with Crippen molar-refractivity contribution in [1.82, 2.24) is 0 Å². The number of thioether (sulfide) groups is 2. The molecule has 1 saturated heterocycles. The molecule has 4 nitrogen and oxygen atoms in total. The van der Waals surface area contributed by atoms with Crippen molar-refractivity contribution in [3.05, 3.63) is 93.9 Å². The van der Waals surface area contributed by atoms with Gasteiger partial charge in [0.1, 0.15) is 9.93 Å². The largest absolute Gasteiger partial charge is 0.334 e. The van der Waals surface area contributed by atoms with E-state index in [9.17, 15) is 4.79 Å². The predicted molar refractivity (Wildman–Crippen MR) is 137 cm³/mol. The summed E-state index contributed by atoms with van der Waals surface area (Å²) >= 11 is 3.12. The van der Waals surface area contributed by atoms with Crippen molar-refractivity contribution < 1.29 is 4.79 Å². The molecule has 0 radical (unpaired) electrons. The molecule has 0 saturated carbocycles. The Labute approximate surface area is 197 Å². The van der Waals surface area contributed by atoms with Gasteiger partial charge in [0.2, 0.25) is 0 Å². The number of anilines is 2. The van der Waals surface area contributed by atoms with Crippen LogP contribution in [0.1, 0.15) is 18.1 Å². The Morgan fingerprint density at radius 1 is 0.875 bits per heavy atom. The number of aryl methyl sites for hydroxylation is 2. The Morgan fingerprint density at radius 3 is 2.41 bits per heavy atom. The van der Waals surface area contributed by atoms with Gasteiger partial charge < -0.3 is 4.90 Å². The van der Waals surface area contributed by atoms with Crippen molar-refractivity contribution in [1.29, 1.82) is 0 Å². The van der Waals surface area contributed by atoms with Crippen LogP contribution in [0.3, 0.4) is 0 Å².